The van der Waals surface area contributed by atoms with Crippen molar-refractivity contribution < 1.29 is 9.53 Å². The van der Waals surface area contributed by atoms with Crippen molar-refractivity contribution in [3.63, 3.8) is 0 Å². The van der Waals surface area contributed by atoms with Gasteiger partial charge in [-0.2, -0.15) is 0 Å². The van der Waals surface area contributed by atoms with Gasteiger partial charge in [-0.3, -0.25) is 4.79 Å². The van der Waals surface area contributed by atoms with Crippen molar-refractivity contribution in [3.8, 4) is 11.5 Å². The van der Waals surface area contributed by atoms with E-state index in [1.165, 1.54) is 12.1 Å². The summed E-state index contributed by atoms with van der Waals surface area (Å²) in [6, 6.07) is 19.3. The van der Waals surface area contributed by atoms with Crippen LogP contribution < -0.4 is 10.1 Å². The lowest BCUT2D eigenvalue weighted by Crippen LogP contribution is -1.97. The molecule has 6 heteroatoms. The topological polar surface area (TPSA) is 38.3 Å². The van der Waals surface area contributed by atoms with Gasteiger partial charge in [0.2, 0.25) is 0 Å². The number of anilines is 1. The van der Waals surface area contributed by atoms with Gasteiger partial charge in [0.15, 0.2) is 5.78 Å². The minimum atomic E-state index is -0.220. The number of benzene rings is 3. The van der Waals surface area contributed by atoms with E-state index in [1.54, 1.807) is 42.6 Å². The molecule has 0 aromatic heterocycles. The van der Waals surface area contributed by atoms with Gasteiger partial charge >= 0.3 is 0 Å². The third-order valence-corrected chi connectivity index (χ3v) is 4.46. The molecule has 3 aromatic carbocycles. The van der Waals surface area contributed by atoms with Crippen LogP contribution >= 0.6 is 34.8 Å². The SMILES string of the molecule is O=C(/C=C/Nc1ccc(Oc2ccccc2Cl)cc1)c1ccc(Cl)cc1Cl. The van der Waals surface area contributed by atoms with E-state index in [-0.39, 0.29) is 5.78 Å². The third-order valence-electron chi connectivity index (χ3n) is 3.60. The number of allylic oxidation sites excluding steroid dienone is 1. The molecule has 0 fully saturated rings. The molecule has 0 atom stereocenters. The third kappa shape index (κ3) is 5.27. The average Bonchev–Trinajstić information content (AvgIpc) is 2.65. The fraction of sp³-hybridized carbons (Fsp3) is 0. The fourth-order valence-electron chi connectivity index (χ4n) is 2.27. The number of halogens is 3. The van der Waals surface area contributed by atoms with Crippen molar-refractivity contribution in [1.82, 2.24) is 0 Å². The molecule has 0 heterocycles. The molecule has 0 aliphatic carbocycles. The maximum absolute atomic E-state index is 12.2. The van der Waals surface area contributed by atoms with Crippen LogP contribution in [-0.2, 0) is 0 Å². The zero-order chi connectivity index (χ0) is 19.2. The summed E-state index contributed by atoms with van der Waals surface area (Å²) in [6.45, 7) is 0. The Morgan fingerprint density at radius 3 is 2.33 bits per heavy atom. The fourth-order valence-corrected chi connectivity index (χ4v) is 2.94. The molecular formula is C21H14Cl3NO2. The molecule has 3 aromatic rings. The Balaban J connectivity index is 1.60. The Kier molecular flexibility index (Phi) is 6.40. The monoisotopic (exact) mass is 417 g/mol. The predicted octanol–water partition coefficient (Wildman–Crippen LogP) is 7.25. The molecule has 0 bridgehead atoms. The van der Waals surface area contributed by atoms with Crippen LogP contribution in [0.3, 0.4) is 0 Å². The van der Waals surface area contributed by atoms with Crippen LogP contribution in [0, 0.1) is 0 Å². The van der Waals surface area contributed by atoms with E-state index in [9.17, 15) is 4.79 Å². The van der Waals surface area contributed by atoms with Crippen LogP contribution in [-0.4, -0.2) is 5.78 Å². The van der Waals surface area contributed by atoms with Crippen molar-refractivity contribution >= 4 is 46.3 Å². The Morgan fingerprint density at radius 2 is 1.63 bits per heavy atom. The zero-order valence-corrected chi connectivity index (χ0v) is 16.2. The van der Waals surface area contributed by atoms with E-state index in [0.717, 1.165) is 5.69 Å². The first-order valence-electron chi connectivity index (χ1n) is 7.98. The van der Waals surface area contributed by atoms with Crippen LogP contribution in [0.1, 0.15) is 10.4 Å². The number of para-hydroxylation sites is 1. The van der Waals surface area contributed by atoms with Gasteiger partial charge in [-0.25, -0.2) is 0 Å². The molecule has 0 unspecified atom stereocenters. The van der Waals surface area contributed by atoms with Gasteiger partial charge < -0.3 is 10.1 Å². The maximum Gasteiger partial charge on any atom is 0.188 e. The van der Waals surface area contributed by atoms with Gasteiger partial charge in [0, 0.05) is 28.5 Å². The van der Waals surface area contributed by atoms with Gasteiger partial charge in [0.05, 0.1) is 10.0 Å². The number of hydrogen-bond donors (Lipinski definition) is 1. The smallest absolute Gasteiger partial charge is 0.188 e. The quantitative estimate of drug-likeness (QED) is 0.338. The Hall–Kier alpha value is -2.46. The summed E-state index contributed by atoms with van der Waals surface area (Å²) in [7, 11) is 0. The van der Waals surface area contributed by atoms with Crippen molar-refractivity contribution in [3.05, 3.63) is 99.6 Å². The van der Waals surface area contributed by atoms with Gasteiger partial charge in [0.1, 0.15) is 11.5 Å². The van der Waals surface area contributed by atoms with Crippen molar-refractivity contribution in [2.45, 2.75) is 0 Å². The second-order valence-electron chi connectivity index (χ2n) is 5.52. The van der Waals surface area contributed by atoms with Crippen LogP contribution in [0.5, 0.6) is 11.5 Å². The van der Waals surface area contributed by atoms with Crippen molar-refractivity contribution in [2.24, 2.45) is 0 Å². The normalized spacial score (nSPS) is 10.8. The molecule has 3 nitrogen and oxygen atoms in total. The zero-order valence-electron chi connectivity index (χ0n) is 14.0. The molecule has 27 heavy (non-hydrogen) atoms. The molecule has 0 saturated carbocycles. The molecule has 0 aliphatic heterocycles. The van der Waals surface area contributed by atoms with Crippen LogP contribution in [0.4, 0.5) is 5.69 Å². The molecule has 0 amide bonds. The number of rotatable bonds is 6. The standard InChI is InChI=1S/C21H14Cl3NO2/c22-14-5-10-17(19(24)13-14)20(26)11-12-25-15-6-8-16(9-7-15)27-21-4-2-1-3-18(21)23/h1-13,25H/b12-11+. The van der Waals surface area contributed by atoms with E-state index < -0.39 is 0 Å². The number of carbonyl (C=O) groups is 1. The van der Waals surface area contributed by atoms with Crippen LogP contribution in [0.25, 0.3) is 0 Å². The van der Waals surface area contributed by atoms with E-state index in [4.69, 9.17) is 39.5 Å². The van der Waals surface area contributed by atoms with Gasteiger partial charge in [0.25, 0.3) is 0 Å². The molecule has 1 N–H and O–H groups in total. The number of ketones is 1. The highest BCUT2D eigenvalue weighted by atomic mass is 35.5. The first-order valence-corrected chi connectivity index (χ1v) is 9.11. The molecule has 3 rings (SSSR count). The van der Waals surface area contributed by atoms with E-state index in [1.807, 2.05) is 24.3 Å². The molecular weight excluding hydrogens is 405 g/mol. The predicted molar refractivity (Wildman–Crippen MR) is 112 cm³/mol. The molecule has 136 valence electrons. The molecule has 0 aliphatic rings. The Bertz CT molecular complexity index is 985. The highest BCUT2D eigenvalue weighted by Crippen LogP contribution is 2.29. The lowest BCUT2D eigenvalue weighted by molar-refractivity contribution is 0.104. The van der Waals surface area contributed by atoms with E-state index in [0.29, 0.717) is 32.1 Å². The lowest BCUT2D eigenvalue weighted by atomic mass is 10.1. The van der Waals surface area contributed by atoms with Crippen molar-refractivity contribution in [2.75, 3.05) is 5.32 Å². The summed E-state index contributed by atoms with van der Waals surface area (Å²) >= 11 is 17.9. The number of nitrogens with one attached hydrogen (secondary N) is 1. The summed E-state index contributed by atoms with van der Waals surface area (Å²) in [6.07, 6.45) is 2.96. The van der Waals surface area contributed by atoms with Crippen LogP contribution in [0.15, 0.2) is 79.0 Å². The van der Waals surface area contributed by atoms with Gasteiger partial charge in [-0.05, 0) is 54.6 Å². The largest absolute Gasteiger partial charge is 0.456 e. The van der Waals surface area contributed by atoms with E-state index >= 15 is 0 Å². The summed E-state index contributed by atoms with van der Waals surface area (Å²) < 4.78 is 5.73. The van der Waals surface area contributed by atoms with Gasteiger partial charge in [-0.15, -0.1) is 0 Å². The minimum Gasteiger partial charge on any atom is -0.456 e. The second-order valence-corrected chi connectivity index (χ2v) is 6.77. The second kappa shape index (κ2) is 8.96. The number of carbonyl (C=O) groups excluding carboxylic acids is 1. The Labute approximate surface area is 172 Å². The van der Waals surface area contributed by atoms with Crippen molar-refractivity contribution in [1.29, 1.82) is 0 Å². The highest BCUT2D eigenvalue weighted by Gasteiger charge is 2.07. The number of ether oxygens (including phenoxy) is 1. The molecule has 0 radical (unpaired) electrons. The number of hydrogen-bond acceptors (Lipinski definition) is 3. The molecule has 0 spiro atoms. The molecule has 0 saturated heterocycles. The summed E-state index contributed by atoms with van der Waals surface area (Å²) in [5, 5.41) is 4.37. The minimum absolute atomic E-state index is 0.220. The highest BCUT2D eigenvalue weighted by molar-refractivity contribution is 6.37. The summed E-state index contributed by atoms with van der Waals surface area (Å²) in [4.78, 5) is 12.2. The summed E-state index contributed by atoms with van der Waals surface area (Å²) in [5.74, 6) is 1.02. The average molecular weight is 419 g/mol. The van der Waals surface area contributed by atoms with Crippen LogP contribution in [0.2, 0.25) is 15.1 Å². The summed E-state index contributed by atoms with van der Waals surface area (Å²) in [5.41, 5.74) is 1.19. The first-order chi connectivity index (χ1) is 13.0. The maximum atomic E-state index is 12.2. The first kappa shape index (κ1) is 19.3. The lowest BCUT2D eigenvalue weighted by Gasteiger charge is -2.08. The Morgan fingerprint density at radius 1 is 0.889 bits per heavy atom. The van der Waals surface area contributed by atoms with Gasteiger partial charge in [-0.1, -0.05) is 46.9 Å². The van der Waals surface area contributed by atoms with E-state index in [2.05, 4.69) is 5.32 Å².